The van der Waals surface area contributed by atoms with Crippen LogP contribution in [0.1, 0.15) is 30.4 Å². The Kier molecular flexibility index (Phi) is 4.59. The standard InChI is InChI=1S/C12H13F3N2O3/c1-2-7(10(18)19)8-4-3-6(12(13,14)15)5-9(8)17-11(16)20/h3-5,7H,2H2,1H3,(H,18,19)(H3,16,17,20). The summed E-state index contributed by atoms with van der Waals surface area (Å²) in [5, 5.41) is 11.1. The van der Waals surface area contributed by atoms with E-state index in [1.807, 2.05) is 5.32 Å². The second-order valence-electron chi connectivity index (χ2n) is 4.09. The molecule has 0 radical (unpaired) electrons. The van der Waals surface area contributed by atoms with Crippen LogP contribution in [0.2, 0.25) is 0 Å². The van der Waals surface area contributed by atoms with Crippen LogP contribution in [0.15, 0.2) is 18.2 Å². The Morgan fingerprint density at radius 2 is 2.00 bits per heavy atom. The first-order valence-electron chi connectivity index (χ1n) is 5.67. The normalized spacial score (nSPS) is 12.8. The van der Waals surface area contributed by atoms with Gasteiger partial charge in [-0.1, -0.05) is 13.0 Å². The number of aliphatic carboxylic acids is 1. The lowest BCUT2D eigenvalue weighted by Gasteiger charge is -2.17. The molecule has 4 N–H and O–H groups in total. The fraction of sp³-hybridized carbons (Fsp3) is 0.333. The average molecular weight is 290 g/mol. The number of amides is 2. The van der Waals surface area contributed by atoms with Gasteiger partial charge in [-0.05, 0) is 24.1 Å². The van der Waals surface area contributed by atoms with Gasteiger partial charge in [0.2, 0.25) is 0 Å². The topological polar surface area (TPSA) is 92.4 Å². The number of anilines is 1. The van der Waals surface area contributed by atoms with Crippen molar-refractivity contribution < 1.29 is 27.9 Å². The lowest BCUT2D eigenvalue weighted by atomic mass is 9.93. The van der Waals surface area contributed by atoms with Gasteiger partial charge in [0.15, 0.2) is 0 Å². The van der Waals surface area contributed by atoms with Crippen molar-refractivity contribution in [2.24, 2.45) is 5.73 Å². The molecule has 5 nitrogen and oxygen atoms in total. The van der Waals surface area contributed by atoms with E-state index in [2.05, 4.69) is 0 Å². The maximum atomic E-state index is 12.6. The molecule has 1 aromatic rings. The summed E-state index contributed by atoms with van der Waals surface area (Å²) in [5.41, 5.74) is 3.72. The van der Waals surface area contributed by atoms with Crippen molar-refractivity contribution in [3.8, 4) is 0 Å². The fourth-order valence-corrected chi connectivity index (χ4v) is 1.81. The van der Waals surface area contributed by atoms with Gasteiger partial charge in [0.25, 0.3) is 0 Å². The molecule has 1 aromatic carbocycles. The molecule has 0 heterocycles. The van der Waals surface area contributed by atoms with Crippen LogP contribution in [0, 0.1) is 0 Å². The third-order valence-electron chi connectivity index (χ3n) is 2.72. The van der Waals surface area contributed by atoms with E-state index < -0.39 is 29.7 Å². The Labute approximate surface area is 112 Å². The number of nitrogens with one attached hydrogen (secondary N) is 1. The first-order valence-corrected chi connectivity index (χ1v) is 5.67. The number of carbonyl (C=O) groups excluding carboxylic acids is 1. The molecule has 0 aliphatic rings. The first kappa shape index (κ1) is 15.8. The number of carboxylic acids is 1. The highest BCUT2D eigenvalue weighted by atomic mass is 19.4. The second-order valence-corrected chi connectivity index (χ2v) is 4.09. The highest BCUT2D eigenvalue weighted by Gasteiger charge is 2.32. The van der Waals surface area contributed by atoms with E-state index in [9.17, 15) is 22.8 Å². The van der Waals surface area contributed by atoms with Crippen molar-refractivity contribution >= 4 is 17.7 Å². The number of urea groups is 1. The lowest BCUT2D eigenvalue weighted by Crippen LogP contribution is -2.22. The zero-order chi connectivity index (χ0) is 15.5. The number of hydrogen-bond donors (Lipinski definition) is 3. The van der Waals surface area contributed by atoms with Gasteiger partial charge in [-0.25, -0.2) is 4.79 Å². The third-order valence-corrected chi connectivity index (χ3v) is 2.72. The zero-order valence-electron chi connectivity index (χ0n) is 10.5. The molecule has 2 amide bonds. The van der Waals surface area contributed by atoms with E-state index in [1.165, 1.54) is 0 Å². The highest BCUT2D eigenvalue weighted by molar-refractivity contribution is 5.90. The van der Waals surface area contributed by atoms with E-state index in [4.69, 9.17) is 10.8 Å². The molecular weight excluding hydrogens is 277 g/mol. The first-order chi connectivity index (χ1) is 9.16. The van der Waals surface area contributed by atoms with Crippen LogP contribution in [0.3, 0.4) is 0 Å². The number of carboxylic acid groups (broad SMARTS) is 1. The van der Waals surface area contributed by atoms with E-state index in [0.717, 1.165) is 12.1 Å². The van der Waals surface area contributed by atoms with E-state index in [1.54, 1.807) is 6.92 Å². The van der Waals surface area contributed by atoms with Gasteiger partial charge in [-0.3, -0.25) is 4.79 Å². The summed E-state index contributed by atoms with van der Waals surface area (Å²) < 4.78 is 37.9. The zero-order valence-corrected chi connectivity index (χ0v) is 10.5. The van der Waals surface area contributed by atoms with Crippen molar-refractivity contribution in [3.63, 3.8) is 0 Å². The third kappa shape index (κ3) is 3.62. The number of benzene rings is 1. The van der Waals surface area contributed by atoms with E-state index in [0.29, 0.717) is 6.07 Å². The molecule has 8 heteroatoms. The Balaban J connectivity index is 3.36. The summed E-state index contributed by atoms with van der Waals surface area (Å²) in [6.07, 6.45) is -4.44. The minimum absolute atomic E-state index is 0.0757. The molecule has 0 spiro atoms. The van der Waals surface area contributed by atoms with Crippen molar-refractivity contribution in [2.75, 3.05) is 5.32 Å². The Bertz CT molecular complexity index is 529. The molecule has 1 atom stereocenters. The summed E-state index contributed by atoms with van der Waals surface area (Å²) in [7, 11) is 0. The van der Waals surface area contributed by atoms with Crippen molar-refractivity contribution in [3.05, 3.63) is 29.3 Å². The maximum Gasteiger partial charge on any atom is 0.416 e. The minimum Gasteiger partial charge on any atom is -0.481 e. The number of primary amides is 1. The molecule has 0 saturated carbocycles. The van der Waals surface area contributed by atoms with Crippen LogP contribution in [-0.4, -0.2) is 17.1 Å². The highest BCUT2D eigenvalue weighted by Crippen LogP contribution is 2.35. The average Bonchev–Trinajstić information content (AvgIpc) is 2.29. The van der Waals surface area contributed by atoms with Crippen LogP contribution < -0.4 is 11.1 Å². The maximum absolute atomic E-state index is 12.6. The Morgan fingerprint density at radius 3 is 2.40 bits per heavy atom. The summed E-state index contributed by atoms with van der Waals surface area (Å²) in [6, 6.07) is 1.42. The van der Waals surface area contributed by atoms with E-state index in [-0.39, 0.29) is 17.7 Å². The molecule has 20 heavy (non-hydrogen) atoms. The van der Waals surface area contributed by atoms with Crippen LogP contribution >= 0.6 is 0 Å². The summed E-state index contributed by atoms with van der Waals surface area (Å²) in [5.74, 6) is -2.22. The quantitative estimate of drug-likeness (QED) is 0.796. The molecule has 0 aliphatic heterocycles. The van der Waals surface area contributed by atoms with Crippen LogP contribution in [0.4, 0.5) is 23.7 Å². The molecule has 0 aromatic heterocycles. The van der Waals surface area contributed by atoms with Gasteiger partial charge in [-0.2, -0.15) is 13.2 Å². The largest absolute Gasteiger partial charge is 0.481 e. The second kappa shape index (κ2) is 5.81. The molecular formula is C12H13F3N2O3. The molecule has 0 aliphatic carbocycles. The van der Waals surface area contributed by atoms with Gasteiger partial charge >= 0.3 is 18.2 Å². The van der Waals surface area contributed by atoms with Crippen LogP contribution in [0.5, 0.6) is 0 Å². The number of alkyl halides is 3. The predicted octanol–water partition coefficient (Wildman–Crippen LogP) is 2.77. The number of carbonyl (C=O) groups is 2. The van der Waals surface area contributed by atoms with Gasteiger partial charge in [0.1, 0.15) is 0 Å². The monoisotopic (exact) mass is 290 g/mol. The number of nitrogens with two attached hydrogens (primary N) is 1. The summed E-state index contributed by atoms with van der Waals surface area (Å²) in [4.78, 5) is 21.9. The van der Waals surface area contributed by atoms with Crippen molar-refractivity contribution in [1.82, 2.24) is 0 Å². The summed E-state index contributed by atoms with van der Waals surface area (Å²) >= 11 is 0. The van der Waals surface area contributed by atoms with Crippen LogP contribution in [-0.2, 0) is 11.0 Å². The number of halogens is 3. The van der Waals surface area contributed by atoms with Crippen LogP contribution in [0.25, 0.3) is 0 Å². The summed E-state index contributed by atoms with van der Waals surface area (Å²) in [6.45, 7) is 1.57. The van der Waals surface area contributed by atoms with Crippen molar-refractivity contribution in [2.45, 2.75) is 25.4 Å². The predicted molar refractivity (Wildman–Crippen MR) is 65.3 cm³/mol. The lowest BCUT2D eigenvalue weighted by molar-refractivity contribution is -0.139. The number of rotatable bonds is 4. The van der Waals surface area contributed by atoms with Gasteiger partial charge in [-0.15, -0.1) is 0 Å². The van der Waals surface area contributed by atoms with Gasteiger partial charge < -0.3 is 16.2 Å². The van der Waals surface area contributed by atoms with E-state index >= 15 is 0 Å². The molecule has 1 rings (SSSR count). The Morgan fingerprint density at radius 1 is 1.40 bits per heavy atom. The fourth-order valence-electron chi connectivity index (χ4n) is 1.81. The molecule has 110 valence electrons. The molecule has 0 saturated heterocycles. The van der Waals surface area contributed by atoms with Gasteiger partial charge in [0, 0.05) is 5.69 Å². The van der Waals surface area contributed by atoms with Crippen molar-refractivity contribution in [1.29, 1.82) is 0 Å². The van der Waals surface area contributed by atoms with Gasteiger partial charge in [0.05, 0.1) is 11.5 Å². The minimum atomic E-state index is -4.60. The molecule has 0 bridgehead atoms. The molecule has 0 fully saturated rings. The smallest absolute Gasteiger partial charge is 0.416 e. The SMILES string of the molecule is CCC(C(=O)O)c1ccc(C(F)(F)F)cc1NC(N)=O. The Hall–Kier alpha value is -2.25. The molecule has 1 unspecified atom stereocenters. The number of hydrogen-bond acceptors (Lipinski definition) is 2.